The maximum absolute atomic E-state index is 12.9. The molecular formula is C21H22N6O3S. The van der Waals surface area contributed by atoms with E-state index < -0.39 is 0 Å². The van der Waals surface area contributed by atoms with Crippen LogP contribution in [0.1, 0.15) is 21.8 Å². The van der Waals surface area contributed by atoms with Crippen molar-refractivity contribution in [1.29, 1.82) is 0 Å². The van der Waals surface area contributed by atoms with E-state index in [1.807, 2.05) is 31.2 Å². The molecule has 1 fully saturated rings. The lowest BCUT2D eigenvalue weighted by molar-refractivity contribution is 0.0612. The Kier molecular flexibility index (Phi) is 5.33. The summed E-state index contributed by atoms with van der Waals surface area (Å²) in [6, 6.07) is 7.98. The minimum atomic E-state index is -0.246. The Hall–Kier alpha value is -2.98. The Morgan fingerprint density at radius 1 is 1.13 bits per heavy atom. The van der Waals surface area contributed by atoms with Gasteiger partial charge >= 0.3 is 0 Å². The van der Waals surface area contributed by atoms with Crippen LogP contribution in [-0.2, 0) is 13.1 Å². The van der Waals surface area contributed by atoms with Crippen molar-refractivity contribution in [2.45, 2.75) is 25.2 Å². The van der Waals surface area contributed by atoms with Crippen molar-refractivity contribution in [1.82, 2.24) is 29.5 Å². The first-order valence-electron chi connectivity index (χ1n) is 10.2. The Morgan fingerprint density at radius 3 is 2.68 bits per heavy atom. The average Bonchev–Trinajstić information content (AvgIpc) is 3.45. The Labute approximate surface area is 183 Å². The average molecular weight is 439 g/mol. The van der Waals surface area contributed by atoms with Gasteiger partial charge < -0.3 is 9.42 Å². The molecule has 9 nitrogen and oxygen atoms in total. The Bertz CT molecular complexity index is 1160. The first-order chi connectivity index (χ1) is 15.1. The molecule has 0 N–H and O–H groups in total. The summed E-state index contributed by atoms with van der Waals surface area (Å²) in [5, 5.41) is 4.77. The maximum Gasteiger partial charge on any atom is 0.267 e. The lowest BCUT2D eigenvalue weighted by atomic mass is 10.1. The van der Waals surface area contributed by atoms with Crippen LogP contribution in [0, 0.1) is 6.92 Å². The highest BCUT2D eigenvalue weighted by Gasteiger charge is 2.27. The van der Waals surface area contributed by atoms with Crippen molar-refractivity contribution in [2.24, 2.45) is 0 Å². The number of hydrogen-bond acceptors (Lipinski definition) is 8. The fraction of sp³-hybridized carbons (Fsp3) is 0.381. The minimum absolute atomic E-state index is 0.152. The molecule has 31 heavy (non-hydrogen) atoms. The van der Waals surface area contributed by atoms with Crippen LogP contribution >= 0.6 is 11.8 Å². The molecule has 0 aliphatic carbocycles. The van der Waals surface area contributed by atoms with Gasteiger partial charge in [0.1, 0.15) is 5.56 Å². The number of hydrogen-bond donors (Lipinski definition) is 0. The summed E-state index contributed by atoms with van der Waals surface area (Å²) in [6.45, 7) is 5.58. The number of aryl methyl sites for hydroxylation is 1. The number of carbonyl (C=O) groups excluding carboxylic acids is 1. The second-order valence-corrected chi connectivity index (χ2v) is 8.77. The molecule has 3 aromatic rings. The molecule has 2 aliphatic rings. The number of nitrogens with zero attached hydrogens (tertiary/aromatic N) is 6. The maximum atomic E-state index is 12.9. The Balaban J connectivity index is 1.20. The fourth-order valence-electron chi connectivity index (χ4n) is 3.77. The SMILES string of the molecule is Cc1ccc(-c2noc(CN3CCN(C(=O)c4cnc5n(c4=O)CCS5)CC3)n2)cc1. The monoisotopic (exact) mass is 438 g/mol. The van der Waals surface area contributed by atoms with E-state index in [4.69, 9.17) is 4.52 Å². The molecule has 0 atom stereocenters. The topological polar surface area (TPSA) is 97.4 Å². The molecule has 4 heterocycles. The van der Waals surface area contributed by atoms with Crippen molar-refractivity contribution in [3.8, 4) is 11.4 Å². The van der Waals surface area contributed by atoms with E-state index in [1.165, 1.54) is 11.8 Å². The van der Waals surface area contributed by atoms with Crippen LogP contribution in [0.4, 0.5) is 0 Å². The molecule has 1 saturated heterocycles. The summed E-state index contributed by atoms with van der Waals surface area (Å²) in [4.78, 5) is 38.1. The predicted molar refractivity (Wildman–Crippen MR) is 115 cm³/mol. The van der Waals surface area contributed by atoms with Crippen molar-refractivity contribution >= 4 is 17.7 Å². The molecule has 0 bridgehead atoms. The lowest BCUT2D eigenvalue weighted by Gasteiger charge is -2.33. The lowest BCUT2D eigenvalue weighted by Crippen LogP contribution is -2.49. The van der Waals surface area contributed by atoms with Gasteiger partial charge in [-0.05, 0) is 6.92 Å². The van der Waals surface area contributed by atoms with Gasteiger partial charge in [-0.3, -0.25) is 19.1 Å². The van der Waals surface area contributed by atoms with Crippen molar-refractivity contribution in [3.05, 3.63) is 57.8 Å². The van der Waals surface area contributed by atoms with Gasteiger partial charge in [-0.25, -0.2) is 4.98 Å². The van der Waals surface area contributed by atoms with E-state index in [9.17, 15) is 9.59 Å². The van der Waals surface area contributed by atoms with E-state index >= 15 is 0 Å². The number of rotatable bonds is 4. The van der Waals surface area contributed by atoms with Crippen LogP contribution in [0.2, 0.25) is 0 Å². The van der Waals surface area contributed by atoms with E-state index in [2.05, 4.69) is 20.0 Å². The molecule has 0 radical (unpaired) electrons. The summed E-state index contributed by atoms with van der Waals surface area (Å²) in [5.41, 5.74) is 2.01. The number of carbonyl (C=O) groups is 1. The third-order valence-corrected chi connectivity index (χ3v) is 6.55. The number of benzene rings is 1. The highest BCUT2D eigenvalue weighted by atomic mass is 32.2. The molecule has 0 spiro atoms. The van der Waals surface area contributed by atoms with Crippen LogP contribution in [-0.4, -0.2) is 67.3 Å². The van der Waals surface area contributed by atoms with Crippen LogP contribution in [0.15, 0.2) is 44.9 Å². The molecule has 1 amide bonds. The summed E-state index contributed by atoms with van der Waals surface area (Å²) >= 11 is 1.54. The standard InChI is InChI=1S/C21H22N6O3S/c1-14-2-4-15(5-3-14)18-23-17(30-24-18)13-25-6-8-26(9-7-25)19(28)16-12-22-21-27(20(16)29)10-11-31-21/h2-5,12H,6-11,13H2,1H3. The van der Waals surface area contributed by atoms with Gasteiger partial charge in [-0.2, -0.15) is 4.98 Å². The Morgan fingerprint density at radius 2 is 1.90 bits per heavy atom. The summed E-state index contributed by atoms with van der Waals surface area (Å²) < 4.78 is 7.01. The van der Waals surface area contributed by atoms with Gasteiger partial charge in [0, 0.05) is 50.2 Å². The van der Waals surface area contributed by atoms with Crippen LogP contribution in [0.5, 0.6) is 0 Å². The molecular weight excluding hydrogens is 416 g/mol. The molecule has 0 unspecified atom stereocenters. The first-order valence-corrected chi connectivity index (χ1v) is 11.2. The number of fused-ring (bicyclic) bond motifs is 1. The quantitative estimate of drug-likeness (QED) is 0.568. The summed E-state index contributed by atoms with van der Waals surface area (Å²) in [5.74, 6) is 1.70. The molecule has 1 aromatic carbocycles. The number of aromatic nitrogens is 4. The first kappa shape index (κ1) is 20.0. The zero-order chi connectivity index (χ0) is 21.4. The largest absolute Gasteiger partial charge is 0.338 e. The number of piperazine rings is 1. The summed E-state index contributed by atoms with van der Waals surface area (Å²) in [6.07, 6.45) is 1.42. The third-order valence-electron chi connectivity index (χ3n) is 5.58. The van der Waals surface area contributed by atoms with E-state index in [0.29, 0.717) is 56.1 Å². The van der Waals surface area contributed by atoms with Gasteiger partial charge in [-0.15, -0.1) is 0 Å². The van der Waals surface area contributed by atoms with E-state index in [0.717, 1.165) is 11.3 Å². The molecule has 160 valence electrons. The second-order valence-electron chi connectivity index (χ2n) is 7.71. The van der Waals surface area contributed by atoms with E-state index in [-0.39, 0.29) is 17.0 Å². The predicted octanol–water partition coefficient (Wildman–Crippen LogP) is 1.67. The summed E-state index contributed by atoms with van der Waals surface area (Å²) in [7, 11) is 0. The second kappa shape index (κ2) is 8.27. The van der Waals surface area contributed by atoms with Crippen molar-refractivity contribution in [2.75, 3.05) is 31.9 Å². The minimum Gasteiger partial charge on any atom is -0.338 e. The van der Waals surface area contributed by atoms with Gasteiger partial charge in [0.2, 0.25) is 11.7 Å². The van der Waals surface area contributed by atoms with Crippen molar-refractivity contribution in [3.63, 3.8) is 0 Å². The van der Waals surface area contributed by atoms with Gasteiger partial charge in [-0.1, -0.05) is 46.7 Å². The highest BCUT2D eigenvalue weighted by molar-refractivity contribution is 7.99. The van der Waals surface area contributed by atoms with Crippen molar-refractivity contribution < 1.29 is 9.32 Å². The fourth-order valence-corrected chi connectivity index (χ4v) is 4.69. The number of amides is 1. The highest BCUT2D eigenvalue weighted by Crippen LogP contribution is 2.21. The molecule has 5 rings (SSSR count). The van der Waals surface area contributed by atoms with Crippen LogP contribution < -0.4 is 5.56 Å². The van der Waals surface area contributed by atoms with Crippen LogP contribution in [0.3, 0.4) is 0 Å². The van der Waals surface area contributed by atoms with E-state index in [1.54, 1.807) is 21.2 Å². The van der Waals surface area contributed by atoms with Crippen LogP contribution in [0.25, 0.3) is 11.4 Å². The number of thioether (sulfide) groups is 1. The zero-order valence-corrected chi connectivity index (χ0v) is 18.0. The third kappa shape index (κ3) is 4.00. The smallest absolute Gasteiger partial charge is 0.267 e. The molecule has 2 aromatic heterocycles. The normalized spacial score (nSPS) is 16.5. The molecule has 0 saturated carbocycles. The zero-order valence-electron chi connectivity index (χ0n) is 17.2. The molecule has 2 aliphatic heterocycles. The van der Waals surface area contributed by atoms with Gasteiger partial charge in [0.25, 0.3) is 11.5 Å². The van der Waals surface area contributed by atoms with Gasteiger partial charge in [0.05, 0.1) is 6.54 Å². The molecule has 10 heteroatoms. The van der Waals surface area contributed by atoms with Gasteiger partial charge in [0.15, 0.2) is 5.16 Å².